The Morgan fingerprint density at radius 1 is 1.14 bits per heavy atom. The summed E-state index contributed by atoms with van der Waals surface area (Å²) in [7, 11) is 0. The Labute approximate surface area is 168 Å². The minimum absolute atomic E-state index is 0.133. The molecule has 1 aromatic carbocycles. The van der Waals surface area contributed by atoms with Crippen LogP contribution in [-0.2, 0) is 20.9 Å². The van der Waals surface area contributed by atoms with Gasteiger partial charge >= 0.3 is 0 Å². The molecule has 28 heavy (non-hydrogen) atoms. The van der Waals surface area contributed by atoms with Gasteiger partial charge in [-0.25, -0.2) is 0 Å². The Morgan fingerprint density at radius 2 is 1.96 bits per heavy atom. The lowest BCUT2D eigenvalue weighted by Crippen LogP contribution is -2.55. The zero-order valence-electron chi connectivity index (χ0n) is 16.8. The van der Waals surface area contributed by atoms with Crippen molar-refractivity contribution in [1.29, 1.82) is 0 Å². The second-order valence-electron chi connectivity index (χ2n) is 8.81. The summed E-state index contributed by atoms with van der Waals surface area (Å²) in [6, 6.07) is 10.6. The van der Waals surface area contributed by atoms with Gasteiger partial charge in [0.25, 0.3) is 0 Å². The number of likely N-dealkylation sites (tertiary alicyclic amines) is 2. The van der Waals surface area contributed by atoms with Gasteiger partial charge in [0.15, 0.2) is 0 Å². The van der Waals surface area contributed by atoms with Gasteiger partial charge in [-0.3, -0.25) is 9.59 Å². The van der Waals surface area contributed by atoms with Crippen molar-refractivity contribution in [3.8, 4) is 0 Å². The third-order valence-corrected chi connectivity index (χ3v) is 6.49. The first kappa shape index (κ1) is 19.4. The highest BCUT2D eigenvalue weighted by atomic mass is 16.5. The molecule has 1 spiro atoms. The van der Waals surface area contributed by atoms with Crippen molar-refractivity contribution in [3.63, 3.8) is 0 Å². The number of benzene rings is 1. The van der Waals surface area contributed by atoms with Crippen LogP contribution in [0.3, 0.4) is 0 Å². The number of nitrogens with zero attached hydrogens (tertiary/aromatic N) is 2. The number of hydrogen-bond donors (Lipinski definition) is 0. The molecule has 0 N–H and O–H groups in total. The maximum absolute atomic E-state index is 12.7. The molecule has 0 aromatic heterocycles. The van der Waals surface area contributed by atoms with E-state index in [9.17, 15) is 9.59 Å². The number of carbonyl (C=O) groups is 2. The average molecular weight is 385 g/mol. The molecule has 0 radical (unpaired) electrons. The molecule has 1 saturated carbocycles. The molecule has 3 fully saturated rings. The largest absolute Gasteiger partial charge is 0.377 e. The number of hydrogen-bond acceptors (Lipinski definition) is 3. The van der Waals surface area contributed by atoms with Gasteiger partial charge in [-0.1, -0.05) is 30.3 Å². The molecule has 0 bridgehead atoms. The Bertz CT molecular complexity index is 688. The molecule has 1 aromatic rings. The van der Waals surface area contributed by atoms with Crippen LogP contribution in [-0.4, -0.2) is 53.9 Å². The summed E-state index contributed by atoms with van der Waals surface area (Å²) in [6.45, 7) is 3.77. The molecule has 3 aliphatic rings. The van der Waals surface area contributed by atoms with E-state index in [-0.39, 0.29) is 11.3 Å². The third-order valence-electron chi connectivity index (χ3n) is 6.49. The predicted octanol–water partition coefficient (Wildman–Crippen LogP) is 3.38. The molecule has 5 nitrogen and oxygen atoms in total. The minimum Gasteiger partial charge on any atom is -0.377 e. The van der Waals surface area contributed by atoms with E-state index in [0.717, 1.165) is 58.2 Å². The van der Waals surface area contributed by atoms with Crippen LogP contribution < -0.4 is 0 Å². The van der Waals surface area contributed by atoms with Crippen molar-refractivity contribution >= 4 is 11.8 Å². The molecule has 1 unspecified atom stereocenters. The monoisotopic (exact) mass is 384 g/mol. The molecule has 2 amide bonds. The van der Waals surface area contributed by atoms with Crippen LogP contribution in [0, 0.1) is 5.41 Å². The van der Waals surface area contributed by atoms with E-state index in [4.69, 9.17) is 4.74 Å². The Balaban J connectivity index is 1.21. The molecule has 2 aliphatic heterocycles. The van der Waals surface area contributed by atoms with Crippen molar-refractivity contribution in [1.82, 2.24) is 9.80 Å². The fraction of sp³-hybridized carbons (Fsp3) is 0.652. The number of piperidine rings is 2. The summed E-state index contributed by atoms with van der Waals surface area (Å²) < 4.78 is 5.71. The highest BCUT2D eigenvalue weighted by Crippen LogP contribution is 2.42. The molecule has 2 heterocycles. The summed E-state index contributed by atoms with van der Waals surface area (Å²) in [5.74, 6) is 0.574. The average Bonchev–Trinajstić information content (AvgIpc) is 3.56. The summed E-state index contributed by atoms with van der Waals surface area (Å²) in [5.41, 5.74) is 1.30. The number of carbonyl (C=O) groups excluding carboxylic acids is 2. The van der Waals surface area contributed by atoms with E-state index in [1.165, 1.54) is 5.56 Å². The fourth-order valence-electron chi connectivity index (χ4n) is 4.76. The fourth-order valence-corrected chi connectivity index (χ4v) is 4.76. The summed E-state index contributed by atoms with van der Waals surface area (Å²) >= 11 is 0. The van der Waals surface area contributed by atoms with Crippen LogP contribution in [0.5, 0.6) is 0 Å². The van der Waals surface area contributed by atoms with Crippen LogP contribution >= 0.6 is 0 Å². The van der Waals surface area contributed by atoms with Gasteiger partial charge in [0, 0.05) is 50.5 Å². The van der Waals surface area contributed by atoms with Gasteiger partial charge in [-0.15, -0.1) is 0 Å². The predicted molar refractivity (Wildman–Crippen MR) is 108 cm³/mol. The highest BCUT2D eigenvalue weighted by Gasteiger charge is 2.46. The first-order valence-electron chi connectivity index (χ1n) is 10.8. The lowest BCUT2D eigenvalue weighted by Gasteiger charge is -2.48. The molecule has 1 atom stereocenters. The second-order valence-corrected chi connectivity index (χ2v) is 8.81. The number of rotatable bonds is 7. The lowest BCUT2D eigenvalue weighted by molar-refractivity contribution is -0.143. The molecule has 152 valence electrons. The number of ether oxygens (including phenoxy) is 1. The van der Waals surface area contributed by atoms with Crippen molar-refractivity contribution in [2.24, 2.45) is 5.41 Å². The van der Waals surface area contributed by atoms with Crippen molar-refractivity contribution in [3.05, 3.63) is 35.9 Å². The first-order chi connectivity index (χ1) is 13.7. The number of amides is 2. The van der Waals surface area contributed by atoms with E-state index < -0.39 is 0 Å². The zero-order valence-corrected chi connectivity index (χ0v) is 16.8. The normalized spacial score (nSPS) is 25.4. The van der Waals surface area contributed by atoms with Gasteiger partial charge in [0.2, 0.25) is 11.8 Å². The summed E-state index contributed by atoms with van der Waals surface area (Å²) in [6.07, 6.45) is 7.44. The van der Waals surface area contributed by atoms with Gasteiger partial charge in [0.1, 0.15) is 0 Å². The molecular weight excluding hydrogens is 352 g/mol. The zero-order chi connectivity index (χ0) is 19.4. The highest BCUT2D eigenvalue weighted by molar-refractivity contribution is 5.78. The Hall–Kier alpha value is -1.88. The van der Waals surface area contributed by atoms with E-state index in [1.807, 2.05) is 18.2 Å². The van der Waals surface area contributed by atoms with Crippen LogP contribution in [0.25, 0.3) is 0 Å². The molecule has 5 heteroatoms. The van der Waals surface area contributed by atoms with Crippen LogP contribution in [0.4, 0.5) is 0 Å². The Kier molecular flexibility index (Phi) is 6.00. The maximum atomic E-state index is 12.7. The van der Waals surface area contributed by atoms with Crippen LogP contribution in [0.15, 0.2) is 30.3 Å². The smallest absolute Gasteiger partial charge is 0.222 e. The van der Waals surface area contributed by atoms with Crippen molar-refractivity contribution in [2.45, 2.75) is 64.0 Å². The van der Waals surface area contributed by atoms with E-state index >= 15 is 0 Å². The third kappa shape index (κ3) is 4.75. The second kappa shape index (κ2) is 8.64. The maximum Gasteiger partial charge on any atom is 0.222 e. The quantitative estimate of drug-likeness (QED) is 0.677. The van der Waals surface area contributed by atoms with Crippen molar-refractivity contribution < 1.29 is 14.3 Å². The van der Waals surface area contributed by atoms with Crippen LogP contribution in [0.2, 0.25) is 0 Å². The molecule has 2 saturated heterocycles. The topological polar surface area (TPSA) is 49.9 Å². The van der Waals surface area contributed by atoms with Crippen LogP contribution in [0.1, 0.15) is 56.9 Å². The van der Waals surface area contributed by atoms with Gasteiger partial charge in [0.05, 0.1) is 6.61 Å². The van der Waals surface area contributed by atoms with E-state index in [2.05, 4.69) is 21.9 Å². The Morgan fingerprint density at radius 3 is 2.75 bits per heavy atom. The molecular formula is C23H32N2O3. The lowest BCUT2D eigenvalue weighted by atomic mass is 9.73. The van der Waals surface area contributed by atoms with Crippen molar-refractivity contribution in [2.75, 3.05) is 26.2 Å². The van der Waals surface area contributed by atoms with Gasteiger partial charge in [-0.05, 0) is 44.1 Å². The standard InChI is InChI=1S/C23H32N2O3/c26-21(8-4-15-28-16-19-6-2-1-3-7-19)24-14-5-12-23(17-24)13-11-22(27)25(18-23)20-9-10-20/h1-3,6-7,20H,4-5,8-18H2. The first-order valence-corrected chi connectivity index (χ1v) is 10.8. The van der Waals surface area contributed by atoms with Gasteiger partial charge in [-0.2, -0.15) is 0 Å². The van der Waals surface area contributed by atoms with E-state index in [0.29, 0.717) is 38.0 Å². The van der Waals surface area contributed by atoms with Gasteiger partial charge < -0.3 is 14.5 Å². The van der Waals surface area contributed by atoms with E-state index in [1.54, 1.807) is 0 Å². The summed E-state index contributed by atoms with van der Waals surface area (Å²) in [4.78, 5) is 29.2. The summed E-state index contributed by atoms with van der Waals surface area (Å²) in [5, 5.41) is 0. The molecule has 4 rings (SSSR count). The molecule has 1 aliphatic carbocycles. The minimum atomic E-state index is 0.133. The SMILES string of the molecule is O=C(CCCOCc1ccccc1)N1CCCC2(CCC(=O)N(C3CC3)C2)C1.